The molecule has 0 aromatic heterocycles. The lowest BCUT2D eigenvalue weighted by Crippen LogP contribution is -2.43. The molecule has 8 saturated carbocycles. The lowest BCUT2D eigenvalue weighted by molar-refractivity contribution is -0.139. The Hall–Kier alpha value is -2.37. The molecule has 0 unspecified atom stereocenters. The van der Waals surface area contributed by atoms with Crippen molar-refractivity contribution in [3.63, 3.8) is 0 Å². The Morgan fingerprint density at radius 1 is 0.349 bits per heavy atom. The summed E-state index contributed by atoms with van der Waals surface area (Å²) in [6.07, 6.45) is 27.3. The molecule has 0 aromatic rings. The molecule has 1 heterocycles. The molecule has 2 amide bonds. The molecule has 8 aliphatic carbocycles. The quantitative estimate of drug-likeness (QED) is 0.181. The Morgan fingerprint density at radius 2 is 0.557 bits per heavy atom. The molecule has 1 aliphatic heterocycles. The minimum atomic E-state index is -2.97. The zero-order chi connectivity index (χ0) is 81.4. The van der Waals surface area contributed by atoms with Crippen LogP contribution in [-0.2, 0) is 29.0 Å². The Labute approximate surface area is 644 Å². The van der Waals surface area contributed by atoms with E-state index in [0.717, 1.165) is 141 Å². The van der Waals surface area contributed by atoms with Gasteiger partial charge in [0.15, 0.2) is 0 Å². The maximum Gasteiger partial charge on any atom is 0.225 e. The van der Waals surface area contributed by atoms with Crippen molar-refractivity contribution < 1.29 is 62.7 Å². The third-order valence-electron chi connectivity index (χ3n) is 27.9. The van der Waals surface area contributed by atoms with Gasteiger partial charge in [-0.3, -0.25) is 19.2 Å². The standard InChI is InChI=1S/C15H26FNO.C12H22FNO.2C11H19FO.C10H19FO2S.2C10H19F.C9H18FN/c1-12(2)15(16)8-6-13(7-9-15)14(18)17-10-4-3-5-11-17;1-9(2)12(13)7-5-10(6-8-12)11(15)14(3)4;2*1-8(2)11(12)6-4-10(5-7-11)9(3)13;1-8(2)10(11)6-4-9(5-7-10)14(3,12)13;2*1-8(2)10(11)6-4-9(3)5-7-10;1-7(2)9(10)5-3-8(11)4-6-9/h12-13H,3-11H2,1-2H3;9-10H,5-8H2,1-4H3;2*8,10H,4-7H2,1-3H3;8-9H,4-7H2,1-3H3;2*8-9H,4-7H2,1-3H3;7-8H,3-6,11H2,1-2H3. The van der Waals surface area contributed by atoms with Crippen molar-refractivity contribution in [2.75, 3.05) is 33.4 Å². The predicted molar refractivity (Wildman–Crippen MR) is 427 cm³/mol. The van der Waals surface area contributed by atoms with Crippen molar-refractivity contribution in [2.24, 2.45) is 88.6 Å². The summed E-state index contributed by atoms with van der Waals surface area (Å²) in [6.45, 7) is 40.6. The monoisotopic (exact) mass is 1540 g/mol. The van der Waals surface area contributed by atoms with E-state index in [2.05, 4.69) is 13.8 Å². The maximum atomic E-state index is 14.4. The summed E-state index contributed by atoms with van der Waals surface area (Å²) in [4.78, 5) is 49.8. The van der Waals surface area contributed by atoms with Gasteiger partial charge in [0.1, 0.15) is 66.8 Å². The normalized spacial score (nSPS) is 35.7. The molecular formula is C88H161F8N3O6S. The van der Waals surface area contributed by atoms with E-state index in [1.165, 1.54) is 12.7 Å². The molecule has 9 rings (SSSR count). The van der Waals surface area contributed by atoms with Crippen molar-refractivity contribution >= 4 is 33.2 Å². The molecule has 9 aliphatic rings. The largest absolute Gasteiger partial charge is 0.349 e. The highest BCUT2D eigenvalue weighted by molar-refractivity contribution is 7.91. The van der Waals surface area contributed by atoms with E-state index in [-0.39, 0.29) is 99.8 Å². The van der Waals surface area contributed by atoms with E-state index in [4.69, 9.17) is 5.73 Å². The van der Waals surface area contributed by atoms with Crippen LogP contribution in [0.4, 0.5) is 35.1 Å². The lowest BCUT2D eigenvalue weighted by atomic mass is 9.73. The van der Waals surface area contributed by atoms with Gasteiger partial charge in [0, 0.05) is 63.2 Å². The third kappa shape index (κ3) is 31.9. The highest BCUT2D eigenvalue weighted by atomic mass is 32.2. The van der Waals surface area contributed by atoms with E-state index in [0.29, 0.717) is 109 Å². The van der Waals surface area contributed by atoms with E-state index < -0.39 is 55.2 Å². The highest BCUT2D eigenvalue weighted by Gasteiger charge is 2.46. The molecule has 18 heteroatoms. The minimum absolute atomic E-state index is 0.0111. The van der Waals surface area contributed by atoms with Gasteiger partial charge in [-0.25, -0.2) is 43.5 Å². The third-order valence-corrected chi connectivity index (χ3v) is 29.6. The minimum Gasteiger partial charge on any atom is -0.349 e. The zero-order valence-electron chi connectivity index (χ0n) is 71.8. The van der Waals surface area contributed by atoms with Crippen molar-refractivity contribution in [2.45, 2.75) is 420 Å². The lowest BCUT2D eigenvalue weighted by Gasteiger charge is -2.38. The summed E-state index contributed by atoms with van der Waals surface area (Å²) in [6, 6.07) is 0.248. The van der Waals surface area contributed by atoms with Crippen LogP contribution in [0.2, 0.25) is 0 Å². The van der Waals surface area contributed by atoms with Crippen LogP contribution in [0.3, 0.4) is 0 Å². The van der Waals surface area contributed by atoms with Crippen LogP contribution >= 0.6 is 0 Å². The Balaban J connectivity index is 0.000000414. The van der Waals surface area contributed by atoms with Gasteiger partial charge in [0.25, 0.3) is 0 Å². The topological polar surface area (TPSA) is 135 Å². The number of halogens is 8. The second-order valence-corrected chi connectivity index (χ2v) is 40.5. The number of nitrogens with zero attached hydrogens (tertiary/aromatic N) is 2. The van der Waals surface area contributed by atoms with Crippen LogP contribution in [0.1, 0.15) is 363 Å². The second kappa shape index (κ2) is 44.3. The molecule has 1 saturated heterocycles. The summed E-state index contributed by atoms with van der Waals surface area (Å²) < 4.78 is 135. The summed E-state index contributed by atoms with van der Waals surface area (Å²) >= 11 is 0. The molecular weight excluding hydrogens is 1380 g/mol. The van der Waals surface area contributed by atoms with Gasteiger partial charge < -0.3 is 15.5 Å². The Kier molecular flexibility index (Phi) is 41.7. The smallest absolute Gasteiger partial charge is 0.225 e. The van der Waals surface area contributed by atoms with Crippen LogP contribution in [0.5, 0.6) is 0 Å². The van der Waals surface area contributed by atoms with Crippen LogP contribution in [0, 0.1) is 82.9 Å². The molecule has 0 bridgehead atoms. The number of carbonyl (C=O) groups is 4. The average Bonchev–Trinajstić information content (AvgIpc) is 0.826. The van der Waals surface area contributed by atoms with E-state index in [9.17, 15) is 62.7 Å². The molecule has 9 fully saturated rings. The number of nitrogens with two attached hydrogens (primary N) is 1. The van der Waals surface area contributed by atoms with Gasteiger partial charge in [0.05, 0.1) is 5.25 Å². The number of rotatable bonds is 13. The van der Waals surface area contributed by atoms with Crippen LogP contribution in [0.15, 0.2) is 0 Å². The SMILES string of the molecule is CC(=O)C1CCC(F)(C(C)C)CC1.CC(=O)C1CCC(F)(C(C)C)CC1.CC(C)C1(F)CCC(C(=O)N(C)C)CC1.CC(C)C1(F)CCC(C(=O)N2CCCCC2)CC1.CC(C)C1(F)CCC(N)CC1.CC(C)C1(F)CCC(S(C)(=O)=O)CC1.CC1CCC(F)(C(C)C)CC1.CC1CCC(F)(C(C)C)CC1. The molecule has 9 nitrogen and oxygen atoms in total. The molecule has 2 N–H and O–H groups in total. The first-order chi connectivity index (χ1) is 48.7. The number of Topliss-reactive ketones (excluding diaryl/α,β-unsaturated/α-hetero) is 2. The number of hydrogen-bond donors (Lipinski definition) is 1. The highest BCUT2D eigenvalue weighted by Crippen LogP contribution is 2.47. The average molecular weight is 1540 g/mol. The van der Waals surface area contributed by atoms with Crippen molar-refractivity contribution in [3.8, 4) is 0 Å². The van der Waals surface area contributed by atoms with Gasteiger partial charge in [0.2, 0.25) is 11.8 Å². The first kappa shape index (κ1) is 99.7. The number of ketones is 2. The van der Waals surface area contributed by atoms with E-state index in [1.54, 1.807) is 32.8 Å². The summed E-state index contributed by atoms with van der Waals surface area (Å²) in [5.41, 5.74) is -2.13. The van der Waals surface area contributed by atoms with Gasteiger partial charge in [-0.2, -0.15) is 0 Å². The zero-order valence-corrected chi connectivity index (χ0v) is 72.6. The molecule has 626 valence electrons. The number of amides is 2. The van der Waals surface area contributed by atoms with Gasteiger partial charge >= 0.3 is 0 Å². The van der Waals surface area contributed by atoms with Crippen LogP contribution in [-0.4, -0.2) is 132 Å². The van der Waals surface area contributed by atoms with Gasteiger partial charge in [-0.1, -0.05) is 125 Å². The molecule has 106 heavy (non-hydrogen) atoms. The number of hydrogen-bond acceptors (Lipinski definition) is 7. The number of likely N-dealkylation sites (tertiary alicyclic amines) is 1. The summed E-state index contributed by atoms with van der Waals surface area (Å²) in [7, 11) is 0.563. The Bertz CT molecular complexity index is 2500. The van der Waals surface area contributed by atoms with Crippen molar-refractivity contribution in [3.05, 3.63) is 0 Å². The maximum absolute atomic E-state index is 14.4. The first-order valence-electron chi connectivity index (χ1n) is 42.7. The molecule has 0 aromatic carbocycles. The number of alkyl halides is 8. The fourth-order valence-electron chi connectivity index (χ4n) is 17.2. The predicted octanol–water partition coefficient (Wildman–Crippen LogP) is 24.2. The van der Waals surface area contributed by atoms with Gasteiger partial charge in [-0.15, -0.1) is 0 Å². The van der Waals surface area contributed by atoms with Gasteiger partial charge in [-0.05, 0) is 298 Å². The van der Waals surface area contributed by atoms with Crippen LogP contribution in [0.25, 0.3) is 0 Å². The number of piperidine rings is 1. The Morgan fingerprint density at radius 3 is 0.774 bits per heavy atom. The summed E-state index contributed by atoms with van der Waals surface area (Å²) in [5, 5.41) is -0.315. The molecule has 0 atom stereocenters. The number of sulfone groups is 1. The first-order valence-corrected chi connectivity index (χ1v) is 44.6. The fraction of sp³-hybridized carbons (Fsp3) is 0.955. The second-order valence-electron chi connectivity index (χ2n) is 38.2. The molecule has 0 spiro atoms. The fourth-order valence-corrected chi connectivity index (χ4v) is 18.2. The van der Waals surface area contributed by atoms with E-state index >= 15 is 0 Å². The van der Waals surface area contributed by atoms with E-state index in [1.807, 2.05) is 116 Å². The van der Waals surface area contributed by atoms with Crippen LogP contribution < -0.4 is 5.73 Å². The summed E-state index contributed by atoms with van der Waals surface area (Å²) in [5.74, 6) is 3.63. The number of carbonyl (C=O) groups excluding carboxylic acids is 4. The van der Waals surface area contributed by atoms with Crippen molar-refractivity contribution in [1.29, 1.82) is 0 Å². The van der Waals surface area contributed by atoms with Crippen molar-refractivity contribution in [1.82, 2.24) is 9.80 Å². The molecule has 0 radical (unpaired) electrons.